The molecule has 1 aromatic carbocycles. The highest BCUT2D eigenvalue weighted by Crippen LogP contribution is 2.24. The van der Waals surface area contributed by atoms with E-state index in [2.05, 4.69) is 10.3 Å². The molecule has 4 nitrogen and oxygen atoms in total. The van der Waals surface area contributed by atoms with Gasteiger partial charge in [-0.05, 0) is 42.8 Å². The van der Waals surface area contributed by atoms with E-state index in [0.717, 1.165) is 27.4 Å². The van der Waals surface area contributed by atoms with Crippen molar-refractivity contribution in [1.82, 2.24) is 10.3 Å². The minimum Gasteiger partial charge on any atom is -0.386 e. The van der Waals surface area contributed by atoms with Gasteiger partial charge in [0.05, 0.1) is 11.4 Å². The summed E-state index contributed by atoms with van der Waals surface area (Å²) >= 11 is 0. The number of allylic oxidation sites excluding steroid dienone is 4. The highest BCUT2D eigenvalue weighted by atomic mass is 32.2. The quantitative estimate of drug-likeness (QED) is 0.497. The van der Waals surface area contributed by atoms with Crippen LogP contribution in [-0.4, -0.2) is 28.7 Å². The first-order valence-corrected chi connectivity index (χ1v) is 10.8. The van der Waals surface area contributed by atoms with Crippen LogP contribution in [0.2, 0.25) is 0 Å². The lowest BCUT2D eigenvalue weighted by atomic mass is 10.0. The van der Waals surface area contributed by atoms with Crippen molar-refractivity contribution in [2.75, 3.05) is 13.3 Å². The zero-order valence-electron chi connectivity index (χ0n) is 17.1. The number of aromatic nitrogens is 1. The Morgan fingerprint density at radius 2 is 1.86 bits per heavy atom. The van der Waals surface area contributed by atoms with Crippen molar-refractivity contribution in [3.05, 3.63) is 89.7 Å². The summed E-state index contributed by atoms with van der Waals surface area (Å²) in [5.74, 6) is -0.437. The van der Waals surface area contributed by atoms with E-state index in [4.69, 9.17) is 4.99 Å². The van der Waals surface area contributed by atoms with Crippen molar-refractivity contribution >= 4 is 22.7 Å². The van der Waals surface area contributed by atoms with Crippen molar-refractivity contribution in [3.8, 4) is 0 Å². The lowest BCUT2D eigenvalue weighted by molar-refractivity contribution is 0.662. The fourth-order valence-corrected chi connectivity index (χ4v) is 3.18. The van der Waals surface area contributed by atoms with Crippen LogP contribution in [0, 0.1) is 5.92 Å². The van der Waals surface area contributed by atoms with Crippen molar-refractivity contribution in [2.45, 2.75) is 18.7 Å². The Balaban J connectivity index is 2.47. The lowest BCUT2D eigenvalue weighted by Crippen LogP contribution is -2.11. The molecule has 2 rings (SSSR count). The molecule has 1 aromatic heterocycles. The molecule has 2 aromatic rings. The first-order chi connectivity index (χ1) is 14.0. The average Bonchev–Trinajstić information content (AvgIpc) is 2.75. The maximum Gasteiger partial charge on any atom is 0.118 e. The molecule has 1 N–H and O–H groups in total. The molecule has 0 aliphatic heterocycles. The number of rotatable bonds is 8. The van der Waals surface area contributed by atoms with E-state index < -0.39 is 10.8 Å². The molecule has 2 unspecified atom stereocenters. The Morgan fingerprint density at radius 1 is 1.21 bits per heavy atom. The summed E-state index contributed by atoms with van der Waals surface area (Å²) in [6.07, 6.45) is 11.5. The summed E-state index contributed by atoms with van der Waals surface area (Å²) in [6.45, 7) is 3.62. The fourth-order valence-electron chi connectivity index (χ4n) is 2.66. The standard InChI is InChI=1S/C23H26FN3OS/c1-5-20(24)9-6-17(2)22(23(25-3)19-12-14-26-15-13-19)27-16-18-7-10-21(11-8-18)29(4)28/h5-17,25H,1-4H3/b9-6-,20-5+,23-22-,27-16?. The maximum atomic E-state index is 13.6. The van der Waals surface area contributed by atoms with Gasteiger partial charge in [0, 0.05) is 59.1 Å². The molecule has 2 atom stereocenters. The molecule has 6 heteroatoms. The zero-order chi connectivity index (χ0) is 21.2. The molecule has 29 heavy (non-hydrogen) atoms. The summed E-state index contributed by atoms with van der Waals surface area (Å²) in [5.41, 5.74) is 3.44. The molecular weight excluding hydrogens is 385 g/mol. The van der Waals surface area contributed by atoms with Gasteiger partial charge in [-0.15, -0.1) is 0 Å². The Bertz CT molecular complexity index is 948. The third kappa shape index (κ3) is 6.61. The monoisotopic (exact) mass is 411 g/mol. The van der Waals surface area contributed by atoms with Gasteiger partial charge >= 0.3 is 0 Å². The van der Waals surface area contributed by atoms with Crippen molar-refractivity contribution in [2.24, 2.45) is 10.9 Å². The van der Waals surface area contributed by atoms with Crippen LogP contribution in [0.15, 0.2) is 88.4 Å². The smallest absolute Gasteiger partial charge is 0.118 e. The third-order valence-electron chi connectivity index (χ3n) is 4.29. The molecule has 0 aliphatic carbocycles. The van der Waals surface area contributed by atoms with Gasteiger partial charge in [0.15, 0.2) is 0 Å². The van der Waals surface area contributed by atoms with Gasteiger partial charge in [-0.1, -0.05) is 31.2 Å². The second kappa shape index (κ2) is 11.2. The Morgan fingerprint density at radius 3 is 2.41 bits per heavy atom. The Labute approximate surface area is 174 Å². The number of benzene rings is 1. The van der Waals surface area contributed by atoms with Crippen LogP contribution in [-0.2, 0) is 10.8 Å². The van der Waals surface area contributed by atoms with Crippen LogP contribution in [0.1, 0.15) is 25.0 Å². The van der Waals surface area contributed by atoms with Gasteiger partial charge < -0.3 is 5.32 Å². The summed E-state index contributed by atoms with van der Waals surface area (Å²) < 4.78 is 25.1. The van der Waals surface area contributed by atoms with Gasteiger partial charge in [-0.3, -0.25) is 14.2 Å². The molecule has 0 amide bonds. The number of hydrogen-bond acceptors (Lipinski definition) is 4. The van der Waals surface area contributed by atoms with Crippen LogP contribution in [0.5, 0.6) is 0 Å². The summed E-state index contributed by atoms with van der Waals surface area (Å²) in [5, 5.41) is 3.22. The van der Waals surface area contributed by atoms with Crippen molar-refractivity contribution in [1.29, 1.82) is 0 Å². The average molecular weight is 412 g/mol. The first kappa shape index (κ1) is 22.4. The summed E-state index contributed by atoms with van der Waals surface area (Å²) in [4.78, 5) is 9.56. The number of nitrogens with one attached hydrogen (secondary N) is 1. The van der Waals surface area contributed by atoms with Gasteiger partial charge in [-0.2, -0.15) is 0 Å². The minimum absolute atomic E-state index is 0.144. The third-order valence-corrected chi connectivity index (χ3v) is 5.23. The predicted octanol–water partition coefficient (Wildman–Crippen LogP) is 4.89. The number of pyridine rings is 1. The van der Waals surface area contributed by atoms with Crippen LogP contribution < -0.4 is 5.32 Å². The fraction of sp³-hybridized carbons (Fsp3) is 0.217. The highest BCUT2D eigenvalue weighted by molar-refractivity contribution is 7.84. The number of halogens is 1. The Kier molecular flexibility index (Phi) is 8.68. The molecule has 0 fully saturated rings. The van der Waals surface area contributed by atoms with Crippen molar-refractivity contribution < 1.29 is 8.60 Å². The van der Waals surface area contributed by atoms with E-state index in [-0.39, 0.29) is 11.7 Å². The second-order valence-corrected chi connectivity index (χ2v) is 7.73. The number of nitrogens with zero attached hydrogens (tertiary/aromatic N) is 2. The van der Waals surface area contributed by atoms with E-state index >= 15 is 0 Å². The molecular formula is C23H26FN3OS. The first-order valence-electron chi connectivity index (χ1n) is 9.26. The lowest BCUT2D eigenvalue weighted by Gasteiger charge is -2.16. The molecule has 0 aliphatic rings. The molecule has 1 heterocycles. The maximum absolute atomic E-state index is 13.6. The molecule has 0 saturated heterocycles. The normalized spacial score (nSPS) is 15.4. The topological polar surface area (TPSA) is 54.4 Å². The largest absolute Gasteiger partial charge is 0.386 e. The van der Waals surface area contributed by atoms with Crippen LogP contribution in [0.4, 0.5) is 4.39 Å². The predicted molar refractivity (Wildman–Crippen MR) is 120 cm³/mol. The number of aliphatic imine (C=N–C) groups is 1. The Hall–Kier alpha value is -2.86. The summed E-state index contributed by atoms with van der Waals surface area (Å²) in [7, 11) is 0.814. The van der Waals surface area contributed by atoms with Crippen LogP contribution in [0.25, 0.3) is 5.70 Å². The van der Waals surface area contributed by atoms with E-state index in [1.54, 1.807) is 37.9 Å². The molecule has 0 saturated carbocycles. The zero-order valence-corrected chi connectivity index (χ0v) is 17.9. The van der Waals surface area contributed by atoms with Gasteiger partial charge in [-0.25, -0.2) is 4.39 Å². The van der Waals surface area contributed by atoms with Gasteiger partial charge in [0.1, 0.15) is 5.83 Å². The van der Waals surface area contributed by atoms with E-state index in [1.807, 2.05) is 50.4 Å². The molecule has 0 spiro atoms. The van der Waals surface area contributed by atoms with E-state index in [1.165, 1.54) is 12.2 Å². The van der Waals surface area contributed by atoms with E-state index in [9.17, 15) is 8.60 Å². The highest BCUT2D eigenvalue weighted by Gasteiger charge is 2.13. The van der Waals surface area contributed by atoms with Crippen LogP contribution in [0.3, 0.4) is 0 Å². The molecule has 0 radical (unpaired) electrons. The molecule has 0 bridgehead atoms. The second-order valence-electron chi connectivity index (χ2n) is 6.35. The summed E-state index contributed by atoms with van der Waals surface area (Å²) in [6, 6.07) is 11.2. The van der Waals surface area contributed by atoms with Crippen molar-refractivity contribution in [3.63, 3.8) is 0 Å². The SMILES string of the molecule is C/C=C(F)\C=C/C(C)/C(N=Cc1ccc(S(C)=O)cc1)=C(/NC)c1ccncc1. The van der Waals surface area contributed by atoms with Crippen LogP contribution >= 0.6 is 0 Å². The number of hydrogen-bond donors (Lipinski definition) is 1. The molecule has 152 valence electrons. The van der Waals surface area contributed by atoms with E-state index in [0.29, 0.717) is 0 Å². The van der Waals surface area contributed by atoms with Gasteiger partial charge in [0.2, 0.25) is 0 Å². The van der Waals surface area contributed by atoms with Gasteiger partial charge in [0.25, 0.3) is 0 Å². The minimum atomic E-state index is -1.02.